The molecule has 0 bridgehead atoms. The summed E-state index contributed by atoms with van der Waals surface area (Å²) in [6.45, 7) is -3.64. The Morgan fingerprint density at radius 2 is 1.36 bits per heavy atom. The van der Waals surface area contributed by atoms with Crippen molar-refractivity contribution in [1.82, 2.24) is 10.2 Å². The smallest absolute Gasteiger partial charge is 1.00 e. The van der Waals surface area contributed by atoms with E-state index in [-0.39, 0.29) is 46.5 Å². The standard InChI is InChI=1S/C10H13F9N3.2ClH.Ti/c1-22-4-6(9(14,15)16)20-2-5(8(11,12)13)21-3-7(22)10(17,18)19;;;/h5-7,20H,2-4H2,1H3;2*1H;/q-1;;;+3/p-2. The number of rotatable bonds is 0. The molecule has 149 valence electrons. The molecule has 1 rings (SSSR count). The molecule has 25 heavy (non-hydrogen) atoms. The van der Waals surface area contributed by atoms with Crippen molar-refractivity contribution in [3.8, 4) is 0 Å². The molecule has 15 heteroatoms. The van der Waals surface area contributed by atoms with Gasteiger partial charge in [-0.05, 0) is 19.6 Å². The SMILES string of the molecule is CN1CC(C(F)(F)F)NCC(C(F)(F)F)[N-]CC1C(F)(F)F.[Cl-].[Cl-].[Ti+3]. The van der Waals surface area contributed by atoms with Gasteiger partial charge in [0.2, 0.25) is 0 Å². The van der Waals surface area contributed by atoms with E-state index in [0.29, 0.717) is 4.90 Å². The molecule has 0 aliphatic carbocycles. The molecule has 3 unspecified atom stereocenters. The number of alkyl halides is 9. The third-order valence-electron chi connectivity index (χ3n) is 3.21. The van der Waals surface area contributed by atoms with Crippen LogP contribution in [0.3, 0.4) is 0 Å². The van der Waals surface area contributed by atoms with Crippen LogP contribution in [0.2, 0.25) is 0 Å². The first kappa shape index (κ1) is 30.3. The maximum Gasteiger partial charge on any atom is 3.00 e. The number of nitrogens with one attached hydrogen (secondary N) is 1. The number of hydrogen-bond acceptors (Lipinski definition) is 2. The van der Waals surface area contributed by atoms with Gasteiger partial charge in [-0.3, -0.25) is 4.90 Å². The van der Waals surface area contributed by atoms with Crippen LogP contribution in [-0.4, -0.2) is 68.2 Å². The van der Waals surface area contributed by atoms with Crippen molar-refractivity contribution in [2.24, 2.45) is 0 Å². The van der Waals surface area contributed by atoms with Gasteiger partial charge in [-0.25, -0.2) is 0 Å². The van der Waals surface area contributed by atoms with Crippen LogP contribution in [-0.2, 0) is 21.7 Å². The van der Waals surface area contributed by atoms with Crippen LogP contribution in [0, 0.1) is 0 Å². The minimum Gasteiger partial charge on any atom is -1.00 e. The molecule has 0 aromatic heterocycles. The topological polar surface area (TPSA) is 29.4 Å². The average molecular weight is 465 g/mol. The molecular weight excluding hydrogens is 452 g/mol. The summed E-state index contributed by atoms with van der Waals surface area (Å²) in [6.07, 6.45) is -15.0. The Morgan fingerprint density at radius 1 is 0.880 bits per heavy atom. The second kappa shape index (κ2) is 10.8. The maximum atomic E-state index is 12.8. The molecule has 0 amide bonds. The third-order valence-corrected chi connectivity index (χ3v) is 3.21. The van der Waals surface area contributed by atoms with E-state index in [0.717, 1.165) is 7.05 Å². The van der Waals surface area contributed by atoms with Crippen LogP contribution < -0.4 is 30.1 Å². The number of nitrogens with zero attached hydrogens (tertiary/aromatic N) is 2. The monoisotopic (exact) mass is 464 g/mol. The first-order valence-corrected chi connectivity index (χ1v) is 6.03. The van der Waals surface area contributed by atoms with Gasteiger partial charge in [0.1, 0.15) is 6.04 Å². The molecule has 0 aromatic rings. The summed E-state index contributed by atoms with van der Waals surface area (Å²) in [6, 6.07) is -7.66. The molecule has 1 aliphatic heterocycles. The van der Waals surface area contributed by atoms with E-state index < -0.39 is 56.3 Å². The van der Waals surface area contributed by atoms with Crippen LogP contribution in [0.4, 0.5) is 39.5 Å². The van der Waals surface area contributed by atoms with Crippen molar-refractivity contribution in [2.45, 2.75) is 36.7 Å². The average Bonchev–Trinajstić information content (AvgIpc) is 2.34. The Morgan fingerprint density at radius 3 is 1.72 bits per heavy atom. The van der Waals surface area contributed by atoms with E-state index >= 15 is 0 Å². The van der Waals surface area contributed by atoms with Crippen LogP contribution in [0.25, 0.3) is 5.32 Å². The summed E-state index contributed by atoms with van der Waals surface area (Å²) < 4.78 is 114. The van der Waals surface area contributed by atoms with Gasteiger partial charge in [-0.2, -0.15) is 39.5 Å². The van der Waals surface area contributed by atoms with Crippen molar-refractivity contribution in [3.05, 3.63) is 5.32 Å². The van der Waals surface area contributed by atoms with Crippen LogP contribution >= 0.6 is 0 Å². The van der Waals surface area contributed by atoms with Crippen molar-refractivity contribution in [3.63, 3.8) is 0 Å². The molecule has 1 heterocycles. The zero-order valence-corrected chi connectivity index (χ0v) is 15.5. The van der Waals surface area contributed by atoms with Crippen molar-refractivity contribution in [2.75, 3.05) is 26.7 Å². The van der Waals surface area contributed by atoms with Crippen LogP contribution in [0.1, 0.15) is 0 Å². The van der Waals surface area contributed by atoms with Gasteiger partial charge in [0.05, 0.1) is 6.04 Å². The van der Waals surface area contributed by atoms with Gasteiger partial charge in [-0.15, -0.1) is 6.54 Å². The summed E-state index contributed by atoms with van der Waals surface area (Å²) >= 11 is 0. The van der Waals surface area contributed by atoms with Crippen molar-refractivity contribution < 1.29 is 86.0 Å². The zero-order chi connectivity index (χ0) is 17.3. The fourth-order valence-electron chi connectivity index (χ4n) is 1.96. The summed E-state index contributed by atoms with van der Waals surface area (Å²) in [5, 5.41) is 4.53. The molecule has 1 saturated heterocycles. The fraction of sp³-hybridized carbons (Fsp3) is 1.00. The van der Waals surface area contributed by atoms with E-state index in [1.165, 1.54) is 0 Å². The Bertz CT molecular complexity index is 378. The minimum atomic E-state index is -5.03. The Kier molecular flexibility index (Phi) is 13.0. The molecule has 0 aromatic carbocycles. The van der Waals surface area contributed by atoms with Crippen molar-refractivity contribution >= 4 is 0 Å². The van der Waals surface area contributed by atoms with Crippen LogP contribution in [0.5, 0.6) is 0 Å². The molecule has 1 radical (unpaired) electrons. The van der Waals surface area contributed by atoms with E-state index in [4.69, 9.17) is 0 Å². The molecule has 1 N–H and O–H groups in total. The fourth-order valence-corrected chi connectivity index (χ4v) is 1.96. The van der Waals surface area contributed by atoms with Gasteiger partial charge >= 0.3 is 40.2 Å². The molecule has 3 atom stereocenters. The molecule has 0 spiro atoms. The zero-order valence-electron chi connectivity index (χ0n) is 12.4. The summed E-state index contributed by atoms with van der Waals surface area (Å²) in [5.41, 5.74) is 0. The van der Waals surface area contributed by atoms with Gasteiger partial charge in [0.15, 0.2) is 0 Å². The maximum absolute atomic E-state index is 12.8. The quantitative estimate of drug-likeness (QED) is 0.300. The number of halogens is 11. The van der Waals surface area contributed by atoms with Crippen LogP contribution in [0.15, 0.2) is 0 Å². The summed E-state index contributed by atoms with van der Waals surface area (Å²) in [5.74, 6) is 0. The Hall–Kier alpha value is 0.544. The largest absolute Gasteiger partial charge is 3.00 e. The molecule has 1 fully saturated rings. The second-order valence-electron chi connectivity index (χ2n) is 4.92. The van der Waals surface area contributed by atoms with Crippen molar-refractivity contribution in [1.29, 1.82) is 0 Å². The molecule has 1 aliphatic rings. The first-order chi connectivity index (χ1) is 9.73. The van der Waals surface area contributed by atoms with Gasteiger partial charge in [-0.1, -0.05) is 0 Å². The minimum absolute atomic E-state index is 0. The Balaban J connectivity index is -0.00000161. The number of likely N-dealkylation sites (N-methyl/N-ethyl adjacent to an activating group) is 1. The molecule has 0 saturated carbocycles. The number of hydrogen-bond donors (Lipinski definition) is 1. The second-order valence-corrected chi connectivity index (χ2v) is 4.92. The Labute approximate surface area is 165 Å². The molecule has 3 nitrogen and oxygen atoms in total. The van der Waals surface area contributed by atoms with Gasteiger partial charge in [0.25, 0.3) is 0 Å². The van der Waals surface area contributed by atoms with Gasteiger partial charge < -0.3 is 35.4 Å². The molecular formula is C10H13Cl2F9N3Ti. The van der Waals surface area contributed by atoms with Gasteiger partial charge in [0, 0.05) is 6.54 Å². The summed E-state index contributed by atoms with van der Waals surface area (Å²) in [7, 11) is 0.766. The normalized spacial score (nSPS) is 26.9. The van der Waals surface area contributed by atoms with E-state index in [2.05, 4.69) is 5.32 Å². The summed E-state index contributed by atoms with van der Waals surface area (Å²) in [4.78, 5) is 0.313. The third kappa shape index (κ3) is 9.34. The first-order valence-electron chi connectivity index (χ1n) is 6.03. The van der Waals surface area contributed by atoms with E-state index in [1.807, 2.05) is 0 Å². The predicted octanol–water partition coefficient (Wildman–Crippen LogP) is -3.31. The van der Waals surface area contributed by atoms with E-state index in [1.54, 1.807) is 5.32 Å². The predicted molar refractivity (Wildman–Crippen MR) is 58.4 cm³/mol. The van der Waals surface area contributed by atoms with E-state index in [9.17, 15) is 39.5 Å².